The summed E-state index contributed by atoms with van der Waals surface area (Å²) in [6.07, 6.45) is 0.693. The lowest BCUT2D eigenvalue weighted by molar-refractivity contribution is 0.0694. The molecule has 2 rings (SSSR count). The van der Waals surface area contributed by atoms with Gasteiger partial charge in [0.2, 0.25) is 0 Å². The van der Waals surface area contributed by atoms with Gasteiger partial charge < -0.3 is 9.67 Å². The van der Waals surface area contributed by atoms with E-state index in [4.69, 9.17) is 5.11 Å². The highest BCUT2D eigenvalue weighted by Crippen LogP contribution is 2.37. The molecule has 1 N–H and O–H groups in total. The van der Waals surface area contributed by atoms with E-state index in [2.05, 4.69) is 0 Å². The third kappa shape index (κ3) is 1.30. The quantitative estimate of drug-likeness (QED) is 0.763. The molecular weight excluding hydrogens is 189 g/mol. The number of carboxylic acid groups (broad SMARTS) is 1. The molecule has 14 heavy (non-hydrogen) atoms. The molecule has 2 unspecified atom stereocenters. The Morgan fingerprint density at radius 1 is 1.64 bits per heavy atom. The van der Waals surface area contributed by atoms with Gasteiger partial charge in [-0.3, -0.25) is 4.79 Å². The molecule has 0 saturated heterocycles. The highest BCUT2D eigenvalue weighted by atomic mass is 19.1. The summed E-state index contributed by atoms with van der Waals surface area (Å²) in [6, 6.07) is 2.19. The molecule has 0 amide bonds. The van der Waals surface area contributed by atoms with Gasteiger partial charge in [0.15, 0.2) is 0 Å². The Labute approximate surface area is 78.6 Å². The van der Waals surface area contributed by atoms with E-state index in [0.717, 1.165) is 4.57 Å². The fraction of sp³-hybridized carbons (Fsp3) is 0.333. The summed E-state index contributed by atoms with van der Waals surface area (Å²) >= 11 is 0. The van der Waals surface area contributed by atoms with Gasteiger partial charge in [0.25, 0.3) is 5.56 Å². The Morgan fingerprint density at radius 3 is 2.79 bits per heavy atom. The number of pyridine rings is 1. The number of hydrogen-bond donors (Lipinski definition) is 1. The van der Waals surface area contributed by atoms with Crippen LogP contribution in [0.25, 0.3) is 0 Å². The van der Waals surface area contributed by atoms with Gasteiger partial charge in [0, 0.05) is 12.6 Å². The molecule has 1 aromatic heterocycles. The summed E-state index contributed by atoms with van der Waals surface area (Å²) in [5, 5.41) is 8.65. The summed E-state index contributed by atoms with van der Waals surface area (Å²) in [6.45, 7) is 0. The fourth-order valence-electron chi connectivity index (χ4n) is 1.37. The van der Waals surface area contributed by atoms with Crippen molar-refractivity contribution in [2.45, 2.75) is 18.6 Å². The Kier molecular flexibility index (Phi) is 1.87. The van der Waals surface area contributed by atoms with Crippen LogP contribution in [0.15, 0.2) is 23.1 Å². The zero-order chi connectivity index (χ0) is 10.3. The molecule has 0 spiro atoms. The summed E-state index contributed by atoms with van der Waals surface area (Å²) < 4.78 is 13.8. The number of rotatable bonds is 2. The highest BCUT2D eigenvalue weighted by Gasteiger charge is 2.40. The van der Waals surface area contributed by atoms with Crippen LogP contribution >= 0.6 is 0 Å². The van der Waals surface area contributed by atoms with Crippen molar-refractivity contribution in [3.05, 3.63) is 34.2 Å². The van der Waals surface area contributed by atoms with Crippen molar-refractivity contribution in [2.75, 3.05) is 0 Å². The first-order valence-corrected chi connectivity index (χ1v) is 4.20. The van der Waals surface area contributed by atoms with Gasteiger partial charge in [-0.15, -0.1) is 0 Å². The van der Waals surface area contributed by atoms with E-state index in [9.17, 15) is 14.0 Å². The zero-order valence-corrected chi connectivity index (χ0v) is 7.18. The normalized spacial score (nSPS) is 24.6. The molecule has 1 saturated carbocycles. The molecule has 2 atom stereocenters. The van der Waals surface area contributed by atoms with E-state index >= 15 is 0 Å². The average Bonchev–Trinajstić information content (AvgIpc) is 2.82. The second-order valence-electron chi connectivity index (χ2n) is 3.26. The van der Waals surface area contributed by atoms with Crippen molar-refractivity contribution in [1.82, 2.24) is 4.57 Å². The maximum Gasteiger partial charge on any atom is 0.341 e. The molecule has 0 bridgehead atoms. The second-order valence-corrected chi connectivity index (χ2v) is 3.26. The number of alkyl halides is 1. The Bertz CT molecular complexity index is 440. The van der Waals surface area contributed by atoms with Gasteiger partial charge >= 0.3 is 5.97 Å². The number of nitrogens with zero attached hydrogens (tertiary/aromatic N) is 1. The first-order chi connectivity index (χ1) is 6.61. The van der Waals surface area contributed by atoms with E-state index in [1.165, 1.54) is 18.3 Å². The molecular formula is C9H8FNO3. The van der Waals surface area contributed by atoms with Crippen molar-refractivity contribution in [3.63, 3.8) is 0 Å². The van der Waals surface area contributed by atoms with Gasteiger partial charge in [-0.2, -0.15) is 0 Å². The molecule has 74 valence electrons. The summed E-state index contributed by atoms with van der Waals surface area (Å²) in [5.41, 5.74) is -0.947. The lowest BCUT2D eigenvalue weighted by Gasteiger charge is -2.02. The number of carboxylic acids is 1. The van der Waals surface area contributed by atoms with Gasteiger partial charge in [-0.25, -0.2) is 9.18 Å². The molecule has 5 heteroatoms. The van der Waals surface area contributed by atoms with E-state index in [0.29, 0.717) is 6.42 Å². The lowest BCUT2D eigenvalue weighted by atomic mass is 10.3. The Hall–Kier alpha value is -1.65. The maximum atomic E-state index is 12.7. The molecule has 1 fully saturated rings. The number of hydrogen-bond acceptors (Lipinski definition) is 2. The minimum atomic E-state index is -1.28. The smallest absolute Gasteiger partial charge is 0.341 e. The first kappa shape index (κ1) is 8.93. The SMILES string of the molecule is O=C(O)c1cccn(C2CC2F)c1=O. The lowest BCUT2D eigenvalue weighted by Crippen LogP contribution is -2.25. The van der Waals surface area contributed by atoms with Crippen molar-refractivity contribution < 1.29 is 14.3 Å². The highest BCUT2D eigenvalue weighted by molar-refractivity contribution is 5.86. The molecule has 0 radical (unpaired) electrons. The second kappa shape index (κ2) is 2.94. The summed E-state index contributed by atoms with van der Waals surface area (Å²) in [4.78, 5) is 22.0. The van der Waals surface area contributed by atoms with Crippen LogP contribution < -0.4 is 5.56 Å². The van der Waals surface area contributed by atoms with Crippen molar-refractivity contribution in [1.29, 1.82) is 0 Å². The van der Waals surface area contributed by atoms with E-state index < -0.39 is 23.7 Å². The minimum Gasteiger partial charge on any atom is -0.477 e. The van der Waals surface area contributed by atoms with Gasteiger partial charge in [-0.05, 0) is 12.1 Å². The predicted octanol–water partition coefficient (Wildman–Crippen LogP) is 0.829. The first-order valence-electron chi connectivity index (χ1n) is 4.20. The van der Waals surface area contributed by atoms with Crippen LogP contribution in [0.3, 0.4) is 0 Å². The standard InChI is InChI=1S/C9H8FNO3/c10-6-4-7(6)11-3-1-2-5(8(11)12)9(13)14/h1-3,6-7H,4H2,(H,13,14). The molecule has 4 nitrogen and oxygen atoms in total. The molecule has 1 aliphatic carbocycles. The van der Waals surface area contributed by atoms with Gasteiger partial charge in [0.1, 0.15) is 11.7 Å². The van der Waals surface area contributed by atoms with E-state index in [1.807, 2.05) is 0 Å². The third-order valence-electron chi connectivity index (χ3n) is 2.24. The maximum absolute atomic E-state index is 12.7. The molecule has 1 aromatic rings. The van der Waals surface area contributed by atoms with Crippen LogP contribution in [-0.4, -0.2) is 21.8 Å². The van der Waals surface area contributed by atoms with E-state index in [-0.39, 0.29) is 5.56 Å². The number of carbonyl (C=O) groups is 1. The number of aromatic nitrogens is 1. The van der Waals surface area contributed by atoms with Crippen LogP contribution in [0.1, 0.15) is 22.8 Å². The Morgan fingerprint density at radius 2 is 2.29 bits per heavy atom. The topological polar surface area (TPSA) is 59.3 Å². The minimum absolute atomic E-state index is 0.295. The molecule has 0 aliphatic heterocycles. The van der Waals surface area contributed by atoms with Crippen molar-refractivity contribution in [2.24, 2.45) is 0 Å². The van der Waals surface area contributed by atoms with Crippen molar-refractivity contribution in [3.8, 4) is 0 Å². The zero-order valence-electron chi connectivity index (χ0n) is 7.18. The van der Waals surface area contributed by atoms with Crippen LogP contribution in [0.4, 0.5) is 4.39 Å². The van der Waals surface area contributed by atoms with Crippen molar-refractivity contribution >= 4 is 5.97 Å². The number of aromatic carboxylic acids is 1. The van der Waals surface area contributed by atoms with Crippen LogP contribution in [-0.2, 0) is 0 Å². The average molecular weight is 197 g/mol. The van der Waals surface area contributed by atoms with E-state index in [1.54, 1.807) is 0 Å². The monoisotopic (exact) mass is 197 g/mol. The van der Waals surface area contributed by atoms with Gasteiger partial charge in [-0.1, -0.05) is 0 Å². The van der Waals surface area contributed by atoms with Gasteiger partial charge in [0.05, 0.1) is 6.04 Å². The predicted molar refractivity (Wildman–Crippen MR) is 46.2 cm³/mol. The van der Waals surface area contributed by atoms with Crippen LogP contribution in [0.2, 0.25) is 0 Å². The summed E-state index contributed by atoms with van der Waals surface area (Å²) in [7, 11) is 0. The Balaban J connectivity index is 2.48. The molecule has 1 heterocycles. The fourth-order valence-corrected chi connectivity index (χ4v) is 1.37. The number of halogens is 1. The molecule has 0 aromatic carbocycles. The molecule has 1 aliphatic rings. The third-order valence-corrected chi connectivity index (χ3v) is 2.24. The van der Waals surface area contributed by atoms with Crippen LogP contribution in [0, 0.1) is 0 Å². The van der Waals surface area contributed by atoms with Crippen LogP contribution in [0.5, 0.6) is 0 Å². The summed E-state index contributed by atoms with van der Waals surface area (Å²) in [5.74, 6) is -1.28. The largest absolute Gasteiger partial charge is 0.477 e.